The minimum absolute atomic E-state index is 0.343. The third-order valence-corrected chi connectivity index (χ3v) is 3.05. The number of rotatable bonds is 2. The van der Waals surface area contributed by atoms with Crippen LogP contribution in [0, 0.1) is 0 Å². The maximum Gasteiger partial charge on any atom is 0.175 e. The third kappa shape index (κ3) is 2.21. The van der Waals surface area contributed by atoms with Crippen molar-refractivity contribution in [1.29, 1.82) is 0 Å². The van der Waals surface area contributed by atoms with Crippen molar-refractivity contribution in [1.82, 2.24) is 0 Å². The van der Waals surface area contributed by atoms with Crippen molar-refractivity contribution in [2.45, 2.75) is 18.2 Å². The van der Waals surface area contributed by atoms with Gasteiger partial charge >= 0.3 is 0 Å². The Morgan fingerprint density at radius 3 is 2.46 bits per heavy atom. The average molecular weight is 199 g/mol. The number of aryl methyl sites for hydroxylation is 1. The van der Waals surface area contributed by atoms with Crippen molar-refractivity contribution in [3.05, 3.63) is 23.8 Å². The summed E-state index contributed by atoms with van der Waals surface area (Å²) in [5.41, 5.74) is 6.81. The molecule has 0 saturated carbocycles. The molecule has 0 spiro atoms. The van der Waals surface area contributed by atoms with Crippen molar-refractivity contribution in [2.75, 3.05) is 12.0 Å². The summed E-state index contributed by atoms with van der Waals surface area (Å²) in [6.07, 6.45) is 1.89. The first kappa shape index (κ1) is 10.1. The van der Waals surface area contributed by atoms with Crippen molar-refractivity contribution in [3.63, 3.8) is 0 Å². The SMILES string of the molecule is CCc1ccc(N)cc1S(C)(=O)=O. The molecule has 0 radical (unpaired) electrons. The molecule has 0 bridgehead atoms. The maximum absolute atomic E-state index is 11.3. The van der Waals surface area contributed by atoms with E-state index < -0.39 is 9.84 Å². The lowest BCUT2D eigenvalue weighted by molar-refractivity contribution is 0.601. The van der Waals surface area contributed by atoms with Crippen LogP contribution in [-0.2, 0) is 16.3 Å². The summed E-state index contributed by atoms with van der Waals surface area (Å²) in [5, 5.41) is 0. The Hall–Kier alpha value is -1.03. The molecule has 4 heteroatoms. The number of benzene rings is 1. The predicted octanol–water partition coefficient (Wildman–Crippen LogP) is 1.23. The summed E-state index contributed by atoms with van der Waals surface area (Å²) >= 11 is 0. The summed E-state index contributed by atoms with van der Waals surface area (Å²) in [4.78, 5) is 0.343. The molecule has 0 aromatic heterocycles. The van der Waals surface area contributed by atoms with E-state index in [1.54, 1.807) is 12.1 Å². The van der Waals surface area contributed by atoms with Crippen LogP contribution in [0.2, 0.25) is 0 Å². The zero-order valence-electron chi connectivity index (χ0n) is 7.74. The van der Waals surface area contributed by atoms with Crippen molar-refractivity contribution >= 4 is 15.5 Å². The first-order valence-corrected chi connectivity index (χ1v) is 5.92. The standard InChI is InChI=1S/C9H13NO2S/c1-3-7-4-5-8(10)6-9(7)13(2,11)12/h4-6H,3,10H2,1-2H3. The monoisotopic (exact) mass is 199 g/mol. The Morgan fingerprint density at radius 1 is 1.38 bits per heavy atom. The second-order valence-electron chi connectivity index (χ2n) is 2.99. The zero-order valence-corrected chi connectivity index (χ0v) is 8.56. The summed E-state index contributed by atoms with van der Waals surface area (Å²) in [7, 11) is -3.15. The van der Waals surface area contributed by atoms with Crippen molar-refractivity contribution in [3.8, 4) is 0 Å². The van der Waals surface area contributed by atoms with Gasteiger partial charge in [0.2, 0.25) is 0 Å². The minimum atomic E-state index is -3.15. The number of anilines is 1. The fourth-order valence-electron chi connectivity index (χ4n) is 1.21. The topological polar surface area (TPSA) is 60.2 Å². The molecular weight excluding hydrogens is 186 g/mol. The highest BCUT2D eigenvalue weighted by Crippen LogP contribution is 2.19. The second kappa shape index (κ2) is 3.38. The maximum atomic E-state index is 11.3. The highest BCUT2D eigenvalue weighted by molar-refractivity contribution is 7.90. The van der Waals surface area contributed by atoms with Crippen LogP contribution in [0.15, 0.2) is 23.1 Å². The van der Waals surface area contributed by atoms with Crippen LogP contribution in [0.1, 0.15) is 12.5 Å². The van der Waals surface area contributed by atoms with Gasteiger partial charge in [-0.2, -0.15) is 0 Å². The minimum Gasteiger partial charge on any atom is -0.399 e. The van der Waals surface area contributed by atoms with E-state index in [-0.39, 0.29) is 0 Å². The zero-order chi connectivity index (χ0) is 10.1. The predicted molar refractivity (Wildman–Crippen MR) is 53.3 cm³/mol. The van der Waals surface area contributed by atoms with Crippen LogP contribution < -0.4 is 5.73 Å². The molecule has 1 aromatic rings. The molecule has 0 aliphatic carbocycles. The largest absolute Gasteiger partial charge is 0.399 e. The molecule has 0 atom stereocenters. The summed E-state index contributed by atoms with van der Waals surface area (Å²) in [6.45, 7) is 1.92. The van der Waals surface area contributed by atoms with E-state index in [1.807, 2.05) is 6.92 Å². The van der Waals surface area contributed by atoms with Gasteiger partial charge in [0, 0.05) is 11.9 Å². The molecule has 0 fully saturated rings. The molecule has 72 valence electrons. The van der Waals surface area contributed by atoms with Gasteiger partial charge in [0.1, 0.15) is 0 Å². The molecule has 0 aliphatic heterocycles. The Morgan fingerprint density at radius 2 is 2.00 bits per heavy atom. The Labute approximate surface area is 78.5 Å². The Bertz CT molecular complexity index is 410. The van der Waals surface area contributed by atoms with Gasteiger partial charge in [0.05, 0.1) is 4.90 Å². The van der Waals surface area contributed by atoms with Gasteiger partial charge in [-0.25, -0.2) is 8.42 Å². The van der Waals surface area contributed by atoms with Gasteiger partial charge in [0.25, 0.3) is 0 Å². The van der Waals surface area contributed by atoms with Gasteiger partial charge in [-0.15, -0.1) is 0 Å². The van der Waals surface area contributed by atoms with E-state index >= 15 is 0 Å². The first-order valence-electron chi connectivity index (χ1n) is 4.03. The highest BCUT2D eigenvalue weighted by Gasteiger charge is 2.11. The first-order chi connectivity index (χ1) is 5.95. The molecule has 1 rings (SSSR count). The molecule has 2 N–H and O–H groups in total. The van der Waals surface area contributed by atoms with Crippen LogP contribution in [-0.4, -0.2) is 14.7 Å². The lowest BCUT2D eigenvalue weighted by atomic mass is 10.1. The van der Waals surface area contributed by atoms with Crippen molar-refractivity contribution in [2.24, 2.45) is 0 Å². The summed E-state index contributed by atoms with van der Waals surface area (Å²) in [5.74, 6) is 0. The second-order valence-corrected chi connectivity index (χ2v) is 4.98. The molecule has 0 aliphatic rings. The van der Waals surface area contributed by atoms with Gasteiger partial charge < -0.3 is 5.73 Å². The third-order valence-electron chi connectivity index (χ3n) is 1.87. The highest BCUT2D eigenvalue weighted by atomic mass is 32.2. The van der Waals surface area contributed by atoms with Crippen LogP contribution >= 0.6 is 0 Å². The number of sulfone groups is 1. The number of hydrogen-bond acceptors (Lipinski definition) is 3. The van der Waals surface area contributed by atoms with Gasteiger partial charge in [-0.3, -0.25) is 0 Å². The normalized spacial score (nSPS) is 11.5. The smallest absolute Gasteiger partial charge is 0.175 e. The average Bonchev–Trinajstić information content (AvgIpc) is 2.03. The van der Waals surface area contributed by atoms with Crippen LogP contribution in [0.5, 0.6) is 0 Å². The van der Waals surface area contributed by atoms with Crippen LogP contribution in [0.4, 0.5) is 5.69 Å². The van der Waals surface area contributed by atoms with E-state index in [4.69, 9.17) is 5.73 Å². The van der Waals surface area contributed by atoms with E-state index in [2.05, 4.69) is 0 Å². The molecule has 0 saturated heterocycles. The van der Waals surface area contributed by atoms with E-state index in [0.29, 0.717) is 17.0 Å². The quantitative estimate of drug-likeness (QED) is 0.729. The van der Waals surface area contributed by atoms with E-state index in [0.717, 1.165) is 5.56 Å². The molecule has 0 heterocycles. The Balaban J connectivity index is 3.41. The number of nitrogens with two attached hydrogens (primary N) is 1. The lowest BCUT2D eigenvalue weighted by Crippen LogP contribution is -2.02. The molecular formula is C9H13NO2S. The molecule has 13 heavy (non-hydrogen) atoms. The summed E-state index contributed by atoms with van der Waals surface area (Å²) in [6, 6.07) is 4.98. The summed E-state index contributed by atoms with van der Waals surface area (Å²) < 4.78 is 22.6. The van der Waals surface area contributed by atoms with Crippen LogP contribution in [0.25, 0.3) is 0 Å². The lowest BCUT2D eigenvalue weighted by Gasteiger charge is -2.06. The molecule has 3 nitrogen and oxygen atoms in total. The van der Waals surface area contributed by atoms with Gasteiger partial charge in [-0.1, -0.05) is 13.0 Å². The Kier molecular flexibility index (Phi) is 2.61. The van der Waals surface area contributed by atoms with Gasteiger partial charge in [0.15, 0.2) is 9.84 Å². The fraction of sp³-hybridized carbons (Fsp3) is 0.333. The van der Waals surface area contributed by atoms with Crippen LogP contribution in [0.3, 0.4) is 0 Å². The molecule has 1 aromatic carbocycles. The van der Waals surface area contributed by atoms with E-state index in [1.165, 1.54) is 12.3 Å². The van der Waals surface area contributed by atoms with Crippen molar-refractivity contribution < 1.29 is 8.42 Å². The fourth-order valence-corrected chi connectivity index (χ4v) is 2.25. The number of hydrogen-bond donors (Lipinski definition) is 1. The molecule has 0 amide bonds. The van der Waals surface area contributed by atoms with Gasteiger partial charge in [-0.05, 0) is 24.1 Å². The molecule has 0 unspecified atom stereocenters. The number of nitrogen functional groups attached to an aromatic ring is 1. The van der Waals surface area contributed by atoms with E-state index in [9.17, 15) is 8.42 Å².